The van der Waals surface area contributed by atoms with Crippen LogP contribution in [0.4, 0.5) is 26.3 Å². The third-order valence-electron chi connectivity index (χ3n) is 5.51. The molecule has 0 N–H and O–H groups in total. The van der Waals surface area contributed by atoms with Gasteiger partial charge in [-0.3, -0.25) is 0 Å². The van der Waals surface area contributed by atoms with Gasteiger partial charge in [0, 0.05) is 10.9 Å². The average molecular weight is 480 g/mol. The lowest BCUT2D eigenvalue weighted by Gasteiger charge is -2.09. The van der Waals surface area contributed by atoms with Crippen LogP contribution in [0.25, 0.3) is 21.9 Å². The summed E-state index contributed by atoms with van der Waals surface area (Å²) in [6.45, 7) is 1.86. The molecule has 0 saturated carbocycles. The summed E-state index contributed by atoms with van der Waals surface area (Å²) in [6.07, 6.45) is 4.88. The molecule has 0 atom stereocenters. The van der Waals surface area contributed by atoms with E-state index in [1.54, 1.807) is 0 Å². The summed E-state index contributed by atoms with van der Waals surface area (Å²) in [5, 5.41) is -0.00832. The van der Waals surface area contributed by atoms with E-state index >= 15 is 0 Å². The molecule has 0 aliphatic heterocycles. The molecule has 0 spiro atoms. The van der Waals surface area contributed by atoms with Crippen LogP contribution in [0.1, 0.15) is 30.0 Å². The first-order valence-electron chi connectivity index (χ1n) is 10.8. The second kappa shape index (κ2) is 10.1. The average Bonchev–Trinajstić information content (AvgIpc) is 2.82. The topological polar surface area (TPSA) is 0 Å². The molecule has 0 aromatic heterocycles. The Balaban J connectivity index is 1.62. The van der Waals surface area contributed by atoms with E-state index in [0.717, 1.165) is 12.1 Å². The van der Waals surface area contributed by atoms with Gasteiger partial charge in [0.15, 0.2) is 17.5 Å². The molecule has 0 amide bonds. The molecule has 176 valence electrons. The predicted octanol–water partition coefficient (Wildman–Crippen LogP) is 8.25. The predicted molar refractivity (Wildman–Crippen MR) is 125 cm³/mol. The van der Waals surface area contributed by atoms with Crippen molar-refractivity contribution in [2.24, 2.45) is 0 Å². The molecule has 0 nitrogen and oxygen atoms in total. The van der Waals surface area contributed by atoms with E-state index in [0.29, 0.717) is 24.0 Å². The van der Waals surface area contributed by atoms with Crippen molar-refractivity contribution in [2.75, 3.05) is 0 Å². The van der Waals surface area contributed by atoms with E-state index in [1.165, 1.54) is 42.5 Å². The first-order valence-corrected chi connectivity index (χ1v) is 10.8. The Morgan fingerprint density at radius 1 is 0.714 bits per heavy atom. The van der Waals surface area contributed by atoms with Crippen molar-refractivity contribution < 1.29 is 26.3 Å². The smallest absolute Gasteiger partial charge is 0.195 e. The number of hydrogen-bond donors (Lipinski definition) is 0. The van der Waals surface area contributed by atoms with Crippen LogP contribution >= 0.6 is 0 Å². The molecule has 0 fully saturated rings. The Morgan fingerprint density at radius 2 is 1.46 bits per heavy atom. The molecular formula is C29H18F6. The maximum Gasteiger partial charge on any atom is 0.195 e. The molecule has 4 rings (SSSR count). The maximum absolute atomic E-state index is 14.7. The number of hydrogen-bond acceptors (Lipinski definition) is 0. The van der Waals surface area contributed by atoms with Gasteiger partial charge in [-0.1, -0.05) is 36.1 Å². The zero-order valence-electron chi connectivity index (χ0n) is 18.5. The largest absolute Gasteiger partial charge is 0.206 e. The Kier molecular flexibility index (Phi) is 6.97. The van der Waals surface area contributed by atoms with Crippen LogP contribution in [0, 0.1) is 46.7 Å². The molecule has 0 bridgehead atoms. The van der Waals surface area contributed by atoms with Gasteiger partial charge in [0.05, 0.1) is 11.1 Å². The highest BCUT2D eigenvalue weighted by Crippen LogP contribution is 2.29. The summed E-state index contributed by atoms with van der Waals surface area (Å²) in [7, 11) is 0. The van der Waals surface area contributed by atoms with Crippen LogP contribution in [0.15, 0.2) is 66.7 Å². The normalized spacial score (nSPS) is 11.2. The highest BCUT2D eigenvalue weighted by Gasteiger charge is 2.15. The molecular weight excluding hydrogens is 462 g/mol. The summed E-state index contributed by atoms with van der Waals surface area (Å²) in [5.41, 5.74) is 0.486. The van der Waals surface area contributed by atoms with Gasteiger partial charge in [-0.05, 0) is 78.7 Å². The summed E-state index contributed by atoms with van der Waals surface area (Å²) >= 11 is 0. The summed E-state index contributed by atoms with van der Waals surface area (Å²) in [6, 6.07) is 11.0. The van der Waals surface area contributed by atoms with E-state index < -0.39 is 34.9 Å². The maximum atomic E-state index is 14.7. The van der Waals surface area contributed by atoms with Crippen LogP contribution in [-0.2, 0) is 6.42 Å². The number of benzene rings is 4. The van der Waals surface area contributed by atoms with Crippen LogP contribution < -0.4 is 0 Å². The van der Waals surface area contributed by atoms with Crippen molar-refractivity contribution in [3.05, 3.63) is 118 Å². The van der Waals surface area contributed by atoms with Crippen molar-refractivity contribution >= 4 is 10.8 Å². The van der Waals surface area contributed by atoms with Gasteiger partial charge in [-0.2, -0.15) is 0 Å². The van der Waals surface area contributed by atoms with Crippen molar-refractivity contribution in [2.45, 2.75) is 19.8 Å². The molecule has 0 saturated heterocycles. The van der Waals surface area contributed by atoms with Crippen molar-refractivity contribution in [3.8, 4) is 23.0 Å². The van der Waals surface area contributed by atoms with Crippen molar-refractivity contribution in [3.63, 3.8) is 0 Å². The number of fused-ring (bicyclic) bond motifs is 1. The molecule has 4 aromatic rings. The second-order valence-electron chi connectivity index (χ2n) is 7.91. The fourth-order valence-electron chi connectivity index (χ4n) is 3.76. The number of halogens is 6. The van der Waals surface area contributed by atoms with Gasteiger partial charge in [-0.25, -0.2) is 26.3 Å². The van der Waals surface area contributed by atoms with Gasteiger partial charge in [0.25, 0.3) is 0 Å². The third-order valence-corrected chi connectivity index (χ3v) is 5.51. The fraction of sp³-hybridized carbons (Fsp3) is 0.103. The molecule has 0 aliphatic rings. The highest BCUT2D eigenvalue weighted by atomic mass is 19.2. The van der Waals surface area contributed by atoms with Gasteiger partial charge < -0.3 is 0 Å². The van der Waals surface area contributed by atoms with Gasteiger partial charge in [0.1, 0.15) is 17.5 Å². The number of aryl methyl sites for hydroxylation is 1. The monoisotopic (exact) mass is 480 g/mol. The molecule has 35 heavy (non-hydrogen) atoms. The SMILES string of the molecule is C/C=C/CCc1cc(F)c(-c2ccc(C#Cc3ccc4c(F)c(F)c(F)cc4c3)c(F)c2)c(F)c1. The van der Waals surface area contributed by atoms with E-state index in [2.05, 4.69) is 11.8 Å². The molecule has 0 radical (unpaired) electrons. The van der Waals surface area contributed by atoms with Crippen LogP contribution in [-0.4, -0.2) is 0 Å². The quantitative estimate of drug-likeness (QED) is 0.119. The van der Waals surface area contributed by atoms with E-state index in [1.807, 2.05) is 19.1 Å². The minimum atomic E-state index is -1.56. The first kappa shape index (κ1) is 24.2. The van der Waals surface area contributed by atoms with E-state index in [-0.39, 0.29) is 27.5 Å². The molecule has 0 unspecified atom stereocenters. The van der Waals surface area contributed by atoms with E-state index in [4.69, 9.17) is 0 Å². The van der Waals surface area contributed by atoms with Crippen LogP contribution in [0.2, 0.25) is 0 Å². The zero-order chi connectivity index (χ0) is 25.1. The van der Waals surface area contributed by atoms with Crippen molar-refractivity contribution in [1.82, 2.24) is 0 Å². The number of rotatable bonds is 4. The molecule has 6 heteroatoms. The third kappa shape index (κ3) is 5.09. The summed E-state index contributed by atoms with van der Waals surface area (Å²) in [4.78, 5) is 0. The standard InChI is InChI=1S/C29H18F6/c1-2-3-4-5-18-13-24(31)27(25(32)14-18)20-10-9-19(23(30)15-20)8-6-17-7-11-22-21(12-17)16-26(33)29(35)28(22)34/h2-3,7,9-16H,4-5H2,1H3/b3-2+. The Hall–Kier alpha value is -3.98. The number of allylic oxidation sites excluding steroid dienone is 2. The molecule has 0 aliphatic carbocycles. The summed E-state index contributed by atoms with van der Waals surface area (Å²) < 4.78 is 84.7. The van der Waals surface area contributed by atoms with Gasteiger partial charge in [0.2, 0.25) is 0 Å². The highest BCUT2D eigenvalue weighted by molar-refractivity contribution is 5.84. The lowest BCUT2D eigenvalue weighted by atomic mass is 9.99. The lowest BCUT2D eigenvalue weighted by molar-refractivity contribution is 0.453. The first-order chi connectivity index (χ1) is 16.8. The fourth-order valence-corrected chi connectivity index (χ4v) is 3.76. The van der Waals surface area contributed by atoms with Crippen LogP contribution in [0.3, 0.4) is 0 Å². The van der Waals surface area contributed by atoms with Gasteiger partial charge >= 0.3 is 0 Å². The Bertz CT molecular complexity index is 1500. The second-order valence-corrected chi connectivity index (χ2v) is 7.91. The molecule has 0 heterocycles. The molecule has 4 aromatic carbocycles. The van der Waals surface area contributed by atoms with Crippen molar-refractivity contribution in [1.29, 1.82) is 0 Å². The van der Waals surface area contributed by atoms with E-state index in [9.17, 15) is 26.3 Å². The van der Waals surface area contributed by atoms with Crippen LogP contribution in [0.5, 0.6) is 0 Å². The Morgan fingerprint density at radius 3 is 2.14 bits per heavy atom. The minimum absolute atomic E-state index is 0.0294. The lowest BCUT2D eigenvalue weighted by Crippen LogP contribution is -1.96. The van der Waals surface area contributed by atoms with Gasteiger partial charge in [-0.15, -0.1) is 0 Å². The Labute approximate surface area is 198 Å². The summed E-state index contributed by atoms with van der Waals surface area (Å²) in [5.74, 6) is -1.27. The minimum Gasteiger partial charge on any atom is -0.206 e. The zero-order valence-corrected chi connectivity index (χ0v) is 18.5.